The molecule has 3 aromatic rings. The highest BCUT2D eigenvalue weighted by molar-refractivity contribution is 5.82. The lowest BCUT2D eigenvalue weighted by Crippen LogP contribution is -2.13. The molecule has 0 atom stereocenters. The summed E-state index contributed by atoms with van der Waals surface area (Å²) in [4.78, 5) is 4.07. The number of aromatic nitrogens is 3. The second-order valence-electron chi connectivity index (χ2n) is 4.22. The molecule has 4 heteroatoms. The molecule has 0 unspecified atom stereocenters. The SMILES string of the molecule is c1ccc2cc(CNCc3ncn[nH]3)ccc2c1. The van der Waals surface area contributed by atoms with Crippen LogP contribution < -0.4 is 5.32 Å². The molecular formula is C14H14N4. The van der Waals surface area contributed by atoms with Crippen LogP contribution in [0.15, 0.2) is 48.8 Å². The zero-order chi connectivity index (χ0) is 12.2. The zero-order valence-electron chi connectivity index (χ0n) is 9.93. The summed E-state index contributed by atoms with van der Waals surface area (Å²) in [6.07, 6.45) is 1.52. The van der Waals surface area contributed by atoms with Crippen molar-refractivity contribution in [1.82, 2.24) is 20.5 Å². The van der Waals surface area contributed by atoms with Gasteiger partial charge in [-0.1, -0.05) is 36.4 Å². The lowest BCUT2D eigenvalue weighted by Gasteiger charge is -2.04. The Morgan fingerprint density at radius 1 is 1.00 bits per heavy atom. The number of fused-ring (bicyclic) bond motifs is 1. The van der Waals surface area contributed by atoms with Gasteiger partial charge in [-0.05, 0) is 22.4 Å². The van der Waals surface area contributed by atoms with Gasteiger partial charge in [-0.2, -0.15) is 5.10 Å². The van der Waals surface area contributed by atoms with E-state index in [1.165, 1.54) is 22.7 Å². The van der Waals surface area contributed by atoms with Crippen LogP contribution in [0, 0.1) is 0 Å². The zero-order valence-corrected chi connectivity index (χ0v) is 9.93. The summed E-state index contributed by atoms with van der Waals surface area (Å²) in [7, 11) is 0. The molecule has 0 aliphatic carbocycles. The maximum atomic E-state index is 4.07. The third-order valence-electron chi connectivity index (χ3n) is 2.90. The Labute approximate surface area is 105 Å². The van der Waals surface area contributed by atoms with Crippen molar-refractivity contribution in [2.75, 3.05) is 0 Å². The Bertz CT molecular complexity index is 631. The van der Waals surface area contributed by atoms with E-state index in [-0.39, 0.29) is 0 Å². The van der Waals surface area contributed by atoms with E-state index < -0.39 is 0 Å². The van der Waals surface area contributed by atoms with Gasteiger partial charge in [0.05, 0.1) is 6.54 Å². The fourth-order valence-corrected chi connectivity index (χ4v) is 1.99. The molecular weight excluding hydrogens is 224 g/mol. The maximum absolute atomic E-state index is 4.07. The summed E-state index contributed by atoms with van der Waals surface area (Å²) in [5.74, 6) is 0.857. The Hall–Kier alpha value is -2.20. The van der Waals surface area contributed by atoms with E-state index in [1.54, 1.807) is 0 Å². The van der Waals surface area contributed by atoms with E-state index in [1.807, 2.05) is 0 Å². The van der Waals surface area contributed by atoms with Gasteiger partial charge in [0.2, 0.25) is 0 Å². The number of benzene rings is 2. The molecule has 2 aromatic carbocycles. The van der Waals surface area contributed by atoms with Crippen LogP contribution in [0.1, 0.15) is 11.4 Å². The number of aromatic amines is 1. The van der Waals surface area contributed by atoms with E-state index in [4.69, 9.17) is 0 Å². The molecule has 0 aliphatic heterocycles. The predicted octanol–water partition coefficient (Wildman–Crippen LogP) is 2.25. The van der Waals surface area contributed by atoms with Crippen molar-refractivity contribution in [3.63, 3.8) is 0 Å². The molecule has 0 fully saturated rings. The fourth-order valence-electron chi connectivity index (χ4n) is 1.99. The Morgan fingerprint density at radius 2 is 1.89 bits per heavy atom. The Morgan fingerprint density at radius 3 is 2.72 bits per heavy atom. The molecule has 2 N–H and O–H groups in total. The van der Waals surface area contributed by atoms with Crippen molar-refractivity contribution < 1.29 is 0 Å². The van der Waals surface area contributed by atoms with Gasteiger partial charge in [0.1, 0.15) is 12.2 Å². The third kappa shape index (κ3) is 2.38. The van der Waals surface area contributed by atoms with Crippen LogP contribution in [0.3, 0.4) is 0 Å². The second kappa shape index (κ2) is 4.98. The van der Waals surface area contributed by atoms with E-state index in [0.717, 1.165) is 12.4 Å². The third-order valence-corrected chi connectivity index (χ3v) is 2.90. The first-order valence-corrected chi connectivity index (χ1v) is 5.94. The first-order chi connectivity index (χ1) is 8.92. The van der Waals surface area contributed by atoms with Gasteiger partial charge in [-0.3, -0.25) is 5.10 Å². The highest BCUT2D eigenvalue weighted by atomic mass is 15.2. The number of rotatable bonds is 4. The standard InChI is InChI=1S/C14H14N4/c1-2-4-13-7-11(5-6-12(13)3-1)8-15-9-14-16-10-17-18-14/h1-7,10,15H,8-9H2,(H,16,17,18). The first kappa shape index (κ1) is 10.9. The summed E-state index contributed by atoms with van der Waals surface area (Å²) >= 11 is 0. The van der Waals surface area contributed by atoms with Crippen LogP contribution in [0.4, 0.5) is 0 Å². The number of nitrogens with zero attached hydrogens (tertiary/aromatic N) is 2. The average Bonchev–Trinajstić information content (AvgIpc) is 2.92. The van der Waals surface area contributed by atoms with E-state index >= 15 is 0 Å². The van der Waals surface area contributed by atoms with Gasteiger partial charge in [0, 0.05) is 6.54 Å². The minimum absolute atomic E-state index is 0.701. The van der Waals surface area contributed by atoms with Crippen molar-refractivity contribution >= 4 is 10.8 Å². The lowest BCUT2D eigenvalue weighted by atomic mass is 10.1. The normalized spacial score (nSPS) is 10.9. The van der Waals surface area contributed by atoms with E-state index in [9.17, 15) is 0 Å². The van der Waals surface area contributed by atoms with Gasteiger partial charge in [0.25, 0.3) is 0 Å². The highest BCUT2D eigenvalue weighted by Crippen LogP contribution is 2.15. The molecule has 0 bridgehead atoms. The topological polar surface area (TPSA) is 53.6 Å². The van der Waals surface area contributed by atoms with Gasteiger partial charge in [-0.25, -0.2) is 4.98 Å². The average molecular weight is 238 g/mol. The minimum Gasteiger partial charge on any atom is -0.306 e. The lowest BCUT2D eigenvalue weighted by molar-refractivity contribution is 0.665. The molecule has 18 heavy (non-hydrogen) atoms. The summed E-state index contributed by atoms with van der Waals surface area (Å²) < 4.78 is 0. The number of H-pyrrole nitrogens is 1. The number of nitrogens with one attached hydrogen (secondary N) is 2. The Kier molecular flexibility index (Phi) is 3.02. The summed E-state index contributed by atoms with van der Waals surface area (Å²) in [6.45, 7) is 1.53. The molecule has 0 amide bonds. The summed E-state index contributed by atoms with van der Waals surface area (Å²) in [5, 5.41) is 12.5. The van der Waals surface area contributed by atoms with Crippen LogP contribution in [0.5, 0.6) is 0 Å². The molecule has 0 radical (unpaired) electrons. The van der Waals surface area contributed by atoms with Crippen LogP contribution in [-0.4, -0.2) is 15.2 Å². The van der Waals surface area contributed by atoms with Gasteiger partial charge in [0.15, 0.2) is 0 Å². The van der Waals surface area contributed by atoms with Crippen LogP contribution >= 0.6 is 0 Å². The minimum atomic E-state index is 0.701. The second-order valence-corrected chi connectivity index (χ2v) is 4.22. The van der Waals surface area contributed by atoms with E-state index in [2.05, 4.69) is 63.0 Å². The van der Waals surface area contributed by atoms with E-state index in [0.29, 0.717) is 6.54 Å². The first-order valence-electron chi connectivity index (χ1n) is 5.94. The van der Waals surface area contributed by atoms with Crippen LogP contribution in [-0.2, 0) is 13.1 Å². The predicted molar refractivity (Wildman–Crippen MR) is 70.9 cm³/mol. The quantitative estimate of drug-likeness (QED) is 0.733. The molecule has 1 heterocycles. The molecule has 0 spiro atoms. The van der Waals surface area contributed by atoms with Crippen molar-refractivity contribution in [3.8, 4) is 0 Å². The largest absolute Gasteiger partial charge is 0.306 e. The van der Waals surface area contributed by atoms with Gasteiger partial charge in [-0.15, -0.1) is 0 Å². The smallest absolute Gasteiger partial charge is 0.138 e. The monoisotopic (exact) mass is 238 g/mol. The highest BCUT2D eigenvalue weighted by Gasteiger charge is 1.98. The molecule has 0 saturated heterocycles. The van der Waals surface area contributed by atoms with Crippen molar-refractivity contribution in [1.29, 1.82) is 0 Å². The summed E-state index contributed by atoms with van der Waals surface area (Å²) in [6, 6.07) is 14.9. The molecule has 0 saturated carbocycles. The fraction of sp³-hybridized carbons (Fsp3) is 0.143. The maximum Gasteiger partial charge on any atom is 0.138 e. The molecule has 1 aromatic heterocycles. The molecule has 90 valence electrons. The Balaban J connectivity index is 1.67. The number of hydrogen-bond acceptors (Lipinski definition) is 3. The summed E-state index contributed by atoms with van der Waals surface area (Å²) in [5.41, 5.74) is 1.27. The molecule has 0 aliphatic rings. The van der Waals surface area contributed by atoms with Crippen molar-refractivity contribution in [3.05, 3.63) is 60.2 Å². The molecule has 3 rings (SSSR count). The van der Waals surface area contributed by atoms with Gasteiger partial charge >= 0.3 is 0 Å². The van der Waals surface area contributed by atoms with Crippen LogP contribution in [0.25, 0.3) is 10.8 Å². The van der Waals surface area contributed by atoms with Gasteiger partial charge < -0.3 is 5.32 Å². The van der Waals surface area contributed by atoms with Crippen LogP contribution in [0.2, 0.25) is 0 Å². The number of hydrogen-bond donors (Lipinski definition) is 2. The molecule has 4 nitrogen and oxygen atoms in total. The van der Waals surface area contributed by atoms with Crippen molar-refractivity contribution in [2.24, 2.45) is 0 Å². The van der Waals surface area contributed by atoms with Crippen molar-refractivity contribution in [2.45, 2.75) is 13.1 Å².